The molecule has 124 valence electrons. The first kappa shape index (κ1) is 15.4. The van der Waals surface area contributed by atoms with Gasteiger partial charge in [-0.15, -0.1) is 10.2 Å². The highest BCUT2D eigenvalue weighted by molar-refractivity contribution is 7.99. The second kappa shape index (κ2) is 6.41. The van der Waals surface area contributed by atoms with Crippen LogP contribution in [0.1, 0.15) is 0 Å². The van der Waals surface area contributed by atoms with E-state index in [0.29, 0.717) is 5.75 Å². The van der Waals surface area contributed by atoms with E-state index in [4.69, 9.17) is 0 Å². The minimum atomic E-state index is 0.171. The topological polar surface area (TPSA) is 53.7 Å². The summed E-state index contributed by atoms with van der Waals surface area (Å²) in [6, 6.07) is 12.1. The molecule has 0 spiro atoms. The summed E-state index contributed by atoms with van der Waals surface area (Å²) >= 11 is 1.46. The number of fused-ring (bicyclic) bond motifs is 3. The number of amides is 1. The first-order chi connectivity index (χ1) is 11.7. The molecule has 1 aliphatic rings. The van der Waals surface area contributed by atoms with Crippen LogP contribution < -0.4 is 0 Å². The van der Waals surface area contributed by atoms with E-state index in [2.05, 4.69) is 34.3 Å². The summed E-state index contributed by atoms with van der Waals surface area (Å²) in [5, 5.41) is 10.4. The third kappa shape index (κ3) is 2.85. The van der Waals surface area contributed by atoms with Gasteiger partial charge in [-0.05, 0) is 30.6 Å². The van der Waals surface area contributed by atoms with Gasteiger partial charge in [0, 0.05) is 26.2 Å². The number of rotatable bonds is 3. The number of aromatic nitrogens is 3. The summed E-state index contributed by atoms with van der Waals surface area (Å²) in [5.74, 6) is 0.568. The molecule has 0 N–H and O–H groups in total. The van der Waals surface area contributed by atoms with Gasteiger partial charge >= 0.3 is 0 Å². The molecule has 3 aromatic rings. The van der Waals surface area contributed by atoms with Crippen molar-refractivity contribution >= 4 is 34.2 Å². The van der Waals surface area contributed by atoms with Gasteiger partial charge in [0.15, 0.2) is 10.8 Å². The molecule has 7 heteroatoms. The number of benzene rings is 1. The van der Waals surface area contributed by atoms with Gasteiger partial charge in [-0.1, -0.05) is 30.0 Å². The minimum absolute atomic E-state index is 0.171. The fraction of sp³-hybridized carbons (Fsp3) is 0.353. The normalized spacial score (nSPS) is 16.1. The molecule has 24 heavy (non-hydrogen) atoms. The number of para-hydroxylation sites is 1. The smallest absolute Gasteiger partial charge is 0.233 e. The van der Waals surface area contributed by atoms with Crippen molar-refractivity contribution in [3.63, 3.8) is 0 Å². The maximum absolute atomic E-state index is 12.4. The summed E-state index contributed by atoms with van der Waals surface area (Å²) < 4.78 is 2.03. The van der Waals surface area contributed by atoms with Crippen LogP contribution in [0.4, 0.5) is 0 Å². The van der Waals surface area contributed by atoms with Crippen LogP contribution in [-0.2, 0) is 4.79 Å². The Bertz CT molecular complexity index is 885. The van der Waals surface area contributed by atoms with E-state index >= 15 is 0 Å². The monoisotopic (exact) mass is 341 g/mol. The van der Waals surface area contributed by atoms with Crippen molar-refractivity contribution in [1.82, 2.24) is 24.4 Å². The van der Waals surface area contributed by atoms with Gasteiger partial charge in [0.05, 0.1) is 11.3 Å². The van der Waals surface area contributed by atoms with Crippen molar-refractivity contribution < 1.29 is 4.79 Å². The van der Waals surface area contributed by atoms with Gasteiger partial charge in [-0.2, -0.15) is 0 Å². The maximum atomic E-state index is 12.4. The molecule has 6 nitrogen and oxygen atoms in total. The Kier molecular flexibility index (Phi) is 4.12. The van der Waals surface area contributed by atoms with Crippen LogP contribution >= 0.6 is 11.8 Å². The van der Waals surface area contributed by atoms with Gasteiger partial charge < -0.3 is 9.80 Å². The van der Waals surface area contributed by atoms with Gasteiger partial charge in [-0.25, -0.2) is 0 Å². The molecule has 0 radical (unpaired) electrons. The van der Waals surface area contributed by atoms with Gasteiger partial charge in [0.1, 0.15) is 0 Å². The highest BCUT2D eigenvalue weighted by Gasteiger charge is 2.20. The van der Waals surface area contributed by atoms with Crippen molar-refractivity contribution in [3.8, 4) is 0 Å². The van der Waals surface area contributed by atoms with Crippen LogP contribution in [0.2, 0.25) is 0 Å². The lowest BCUT2D eigenvalue weighted by atomic mass is 10.2. The molecule has 0 bridgehead atoms. The van der Waals surface area contributed by atoms with Crippen LogP contribution in [0.15, 0.2) is 41.6 Å². The Labute approximate surface area is 144 Å². The number of hydrogen-bond donors (Lipinski definition) is 0. The van der Waals surface area contributed by atoms with Crippen LogP contribution in [0.25, 0.3) is 16.6 Å². The number of pyridine rings is 1. The third-order valence-electron chi connectivity index (χ3n) is 4.43. The summed E-state index contributed by atoms with van der Waals surface area (Å²) in [5.41, 5.74) is 1.87. The van der Waals surface area contributed by atoms with Crippen molar-refractivity contribution in [2.45, 2.75) is 5.16 Å². The third-order valence-corrected chi connectivity index (χ3v) is 5.34. The zero-order valence-electron chi connectivity index (χ0n) is 13.6. The van der Waals surface area contributed by atoms with Crippen LogP contribution in [0.3, 0.4) is 0 Å². The fourth-order valence-electron chi connectivity index (χ4n) is 2.98. The van der Waals surface area contributed by atoms with E-state index in [1.54, 1.807) is 0 Å². The lowest BCUT2D eigenvalue weighted by molar-refractivity contribution is -0.129. The first-order valence-electron chi connectivity index (χ1n) is 8.04. The van der Waals surface area contributed by atoms with Crippen molar-refractivity contribution in [3.05, 3.63) is 36.4 Å². The van der Waals surface area contributed by atoms with Crippen molar-refractivity contribution in [2.75, 3.05) is 39.0 Å². The number of nitrogens with zero attached hydrogens (tertiary/aromatic N) is 5. The SMILES string of the molecule is CN1CCN(C(=O)CSc2nnc3ccc4ccccc4n23)CC1. The van der Waals surface area contributed by atoms with Gasteiger partial charge in [0.2, 0.25) is 5.91 Å². The molecule has 1 saturated heterocycles. The van der Waals surface area contributed by atoms with E-state index < -0.39 is 0 Å². The average molecular weight is 341 g/mol. The molecule has 0 atom stereocenters. The number of carbonyl (C=O) groups is 1. The lowest BCUT2D eigenvalue weighted by Gasteiger charge is -2.32. The van der Waals surface area contributed by atoms with E-state index in [-0.39, 0.29) is 5.91 Å². The molecule has 4 rings (SSSR count). The molecule has 0 unspecified atom stereocenters. The number of hydrogen-bond acceptors (Lipinski definition) is 5. The molecule has 1 aliphatic heterocycles. The van der Waals surface area contributed by atoms with Gasteiger partial charge in [0.25, 0.3) is 0 Å². The molecule has 1 fully saturated rings. The van der Waals surface area contributed by atoms with Crippen LogP contribution in [0, 0.1) is 0 Å². The molecular weight excluding hydrogens is 322 g/mol. The summed E-state index contributed by atoms with van der Waals surface area (Å²) in [6.07, 6.45) is 0. The number of carbonyl (C=O) groups excluding carboxylic acids is 1. The number of likely N-dealkylation sites (N-methyl/N-ethyl adjacent to an activating group) is 1. The standard InChI is InChI=1S/C17H19N5OS/c1-20-8-10-21(11-9-20)16(23)12-24-17-19-18-15-7-6-13-4-2-3-5-14(13)22(15)17/h2-7H,8-12H2,1H3. The van der Waals surface area contributed by atoms with E-state index in [9.17, 15) is 4.79 Å². The van der Waals surface area contributed by atoms with Crippen LogP contribution in [0.5, 0.6) is 0 Å². The molecule has 2 aromatic heterocycles. The predicted molar refractivity (Wildman–Crippen MR) is 95.3 cm³/mol. The van der Waals surface area contributed by atoms with E-state index in [1.807, 2.05) is 33.6 Å². The first-order valence-corrected chi connectivity index (χ1v) is 9.03. The highest BCUT2D eigenvalue weighted by atomic mass is 32.2. The lowest BCUT2D eigenvalue weighted by Crippen LogP contribution is -2.47. The molecular formula is C17H19N5OS. The van der Waals surface area contributed by atoms with Crippen LogP contribution in [-0.4, -0.2) is 69.3 Å². The Hall–Kier alpha value is -2.12. The molecule has 0 aliphatic carbocycles. The molecule has 1 amide bonds. The quantitative estimate of drug-likeness (QED) is 0.680. The Morgan fingerprint density at radius 2 is 1.88 bits per heavy atom. The average Bonchev–Trinajstić information content (AvgIpc) is 3.04. The summed E-state index contributed by atoms with van der Waals surface area (Å²) in [7, 11) is 2.09. The van der Waals surface area contributed by atoms with E-state index in [0.717, 1.165) is 47.9 Å². The number of thioether (sulfide) groups is 1. The zero-order chi connectivity index (χ0) is 16.5. The summed E-state index contributed by atoms with van der Waals surface area (Å²) in [6.45, 7) is 3.49. The largest absolute Gasteiger partial charge is 0.339 e. The highest BCUT2D eigenvalue weighted by Crippen LogP contribution is 2.23. The van der Waals surface area contributed by atoms with E-state index in [1.165, 1.54) is 11.8 Å². The Morgan fingerprint density at radius 3 is 2.71 bits per heavy atom. The second-order valence-corrected chi connectivity index (χ2v) is 6.98. The Balaban J connectivity index is 1.54. The zero-order valence-corrected chi connectivity index (χ0v) is 14.4. The number of piperazine rings is 1. The predicted octanol–water partition coefficient (Wildman–Crippen LogP) is 1.75. The maximum Gasteiger partial charge on any atom is 0.233 e. The fourth-order valence-corrected chi connectivity index (χ4v) is 3.83. The molecule has 3 heterocycles. The molecule has 0 saturated carbocycles. The Morgan fingerprint density at radius 1 is 1.08 bits per heavy atom. The van der Waals surface area contributed by atoms with Gasteiger partial charge in [-0.3, -0.25) is 9.20 Å². The summed E-state index contributed by atoms with van der Waals surface area (Å²) in [4.78, 5) is 16.6. The van der Waals surface area contributed by atoms with Crippen molar-refractivity contribution in [2.24, 2.45) is 0 Å². The molecule has 1 aromatic carbocycles. The minimum Gasteiger partial charge on any atom is -0.339 e. The van der Waals surface area contributed by atoms with Crippen molar-refractivity contribution in [1.29, 1.82) is 0 Å². The second-order valence-electron chi connectivity index (χ2n) is 6.04.